The summed E-state index contributed by atoms with van der Waals surface area (Å²) in [5, 5.41) is 10.9. The van der Waals surface area contributed by atoms with Gasteiger partial charge in [0, 0.05) is 30.6 Å². The van der Waals surface area contributed by atoms with Gasteiger partial charge in [-0.25, -0.2) is 9.59 Å². The molecule has 0 aliphatic carbocycles. The number of hydrogen-bond acceptors (Lipinski definition) is 10. The molecule has 4 rings (SSSR count). The zero-order valence-corrected chi connectivity index (χ0v) is 22.5. The number of amides is 1. The minimum absolute atomic E-state index is 0.0143. The summed E-state index contributed by atoms with van der Waals surface area (Å²) in [6.07, 6.45) is 2.53. The molecule has 2 fully saturated rings. The number of nitro groups is 1. The van der Waals surface area contributed by atoms with Gasteiger partial charge in [0.2, 0.25) is 5.91 Å². The monoisotopic (exact) mass is 549 g/mol. The average molecular weight is 550 g/mol. The highest BCUT2D eigenvalue weighted by Crippen LogP contribution is 2.49. The molecule has 38 heavy (non-hydrogen) atoms. The number of fused-ring (bicyclic) bond motifs is 1. The quantitative estimate of drug-likeness (QED) is 0.112. The van der Waals surface area contributed by atoms with E-state index in [1.54, 1.807) is 0 Å². The van der Waals surface area contributed by atoms with Crippen LogP contribution in [0.1, 0.15) is 44.0 Å². The predicted octanol–water partition coefficient (Wildman–Crippen LogP) is 2.11. The zero-order chi connectivity index (χ0) is 27.9. The summed E-state index contributed by atoms with van der Waals surface area (Å²) < 4.78 is 33.2. The Morgan fingerprint density at radius 1 is 1.18 bits per heavy atom. The van der Waals surface area contributed by atoms with Crippen LogP contribution in [0.15, 0.2) is 35.5 Å². The molecule has 3 heterocycles. The van der Waals surface area contributed by atoms with Crippen molar-refractivity contribution in [1.29, 1.82) is 0 Å². The van der Waals surface area contributed by atoms with Crippen molar-refractivity contribution in [1.82, 2.24) is 9.80 Å². The van der Waals surface area contributed by atoms with E-state index in [9.17, 15) is 32.9 Å². The van der Waals surface area contributed by atoms with E-state index in [0.29, 0.717) is 18.7 Å². The van der Waals surface area contributed by atoms with Crippen LogP contribution in [-0.4, -0.2) is 79.0 Å². The first-order chi connectivity index (χ1) is 17.8. The van der Waals surface area contributed by atoms with E-state index < -0.39 is 27.0 Å². The Balaban J connectivity index is 1.60. The lowest BCUT2D eigenvalue weighted by Gasteiger charge is -2.47. The Morgan fingerprint density at radius 2 is 1.84 bits per heavy atom. The van der Waals surface area contributed by atoms with Crippen LogP contribution in [0, 0.1) is 27.9 Å². The lowest BCUT2D eigenvalue weighted by atomic mass is 9.74. The molecule has 3 aliphatic heterocycles. The van der Waals surface area contributed by atoms with Gasteiger partial charge in [-0.1, -0.05) is 20.8 Å². The molecule has 0 bridgehead atoms. The van der Waals surface area contributed by atoms with Crippen molar-refractivity contribution in [3.8, 4) is 0 Å². The van der Waals surface area contributed by atoms with E-state index in [1.807, 2.05) is 25.7 Å². The summed E-state index contributed by atoms with van der Waals surface area (Å²) >= 11 is 0. The van der Waals surface area contributed by atoms with Crippen molar-refractivity contribution in [2.75, 3.05) is 26.0 Å². The molecule has 0 spiro atoms. The van der Waals surface area contributed by atoms with Gasteiger partial charge in [0.15, 0.2) is 0 Å². The fourth-order valence-electron chi connectivity index (χ4n) is 5.65. The molecule has 0 unspecified atom stereocenters. The predicted molar refractivity (Wildman–Crippen MR) is 134 cm³/mol. The number of nitrogens with zero attached hydrogens (tertiary/aromatic N) is 3. The van der Waals surface area contributed by atoms with Gasteiger partial charge in [-0.2, -0.15) is 8.42 Å². The largest absolute Gasteiger partial charge is 0.385 e. The Morgan fingerprint density at radius 3 is 2.42 bits per heavy atom. The third kappa shape index (κ3) is 5.36. The molecule has 12 nitrogen and oxygen atoms in total. The van der Waals surface area contributed by atoms with Crippen LogP contribution in [0.4, 0.5) is 5.69 Å². The number of non-ortho nitro benzene ring substituents is 1. The zero-order valence-electron chi connectivity index (χ0n) is 21.7. The minimum Gasteiger partial charge on any atom is -0.385 e. The number of β-lactam (4-membered cyclic amide) rings is 1. The lowest BCUT2D eigenvalue weighted by Crippen LogP contribution is -2.62. The van der Waals surface area contributed by atoms with E-state index in [-0.39, 0.29) is 59.3 Å². The van der Waals surface area contributed by atoms with Gasteiger partial charge in [0.1, 0.15) is 5.70 Å². The number of nitro benzene ring substituents is 1. The van der Waals surface area contributed by atoms with Gasteiger partial charge in [0.25, 0.3) is 15.8 Å². The van der Waals surface area contributed by atoms with Gasteiger partial charge < -0.3 is 9.64 Å². The van der Waals surface area contributed by atoms with Crippen molar-refractivity contribution >= 4 is 33.7 Å². The molecule has 1 aromatic rings. The molecule has 13 heteroatoms. The maximum atomic E-state index is 13.4. The second-order valence-electron chi connectivity index (χ2n) is 10.4. The molecule has 0 radical (unpaired) electrons. The number of likely N-dealkylation sites (tertiary alicyclic amines) is 1. The van der Waals surface area contributed by atoms with Crippen molar-refractivity contribution in [2.45, 2.75) is 45.7 Å². The van der Waals surface area contributed by atoms with Crippen LogP contribution < -0.4 is 0 Å². The van der Waals surface area contributed by atoms with E-state index >= 15 is 0 Å². The highest BCUT2D eigenvalue weighted by molar-refractivity contribution is 7.85. The number of carbonyl (C=O) groups is 3. The molecule has 1 amide bonds. The molecule has 206 valence electrons. The highest BCUT2D eigenvalue weighted by Gasteiger charge is 2.59. The molecule has 2 saturated heterocycles. The highest BCUT2D eigenvalue weighted by atomic mass is 32.2. The van der Waals surface area contributed by atoms with Crippen LogP contribution in [0.3, 0.4) is 0 Å². The lowest BCUT2D eigenvalue weighted by molar-refractivity contribution is -0.384. The maximum Gasteiger partial charge on any atom is 0.362 e. The van der Waals surface area contributed by atoms with E-state index in [2.05, 4.69) is 0 Å². The fourth-order valence-corrected chi connectivity index (χ4v) is 6.06. The summed E-state index contributed by atoms with van der Waals surface area (Å²) in [7, 11) is -3.62. The molecule has 0 saturated carbocycles. The SMILES string of the molecule is CC(C)[C@H]1C(=O)N2C(C(=O)OC(=O)c3ccc([N+](=O)[O-])cc3)=C(CN3CCC[C@H]3COS(C)(=O)=O)[C@H](C)[C@H]12. The van der Waals surface area contributed by atoms with Crippen LogP contribution >= 0.6 is 0 Å². The standard InChI is InChI=1S/C25H31N3O9S/c1-14(2)20-21-15(3)19(12-26-11-5-6-18(26)13-36-38(4,34)35)22(27(21)23(20)29)25(31)37-24(30)16-7-9-17(10-8-16)28(32)33/h7-10,14-15,18,20-21H,5-6,11-13H2,1-4H3/t15-,18-,20+,21+/m0/s1. The van der Waals surface area contributed by atoms with Gasteiger partial charge in [-0.05, 0) is 43.0 Å². The summed E-state index contributed by atoms with van der Waals surface area (Å²) in [5.41, 5.74) is 0.436. The number of hydrogen-bond donors (Lipinski definition) is 0. The summed E-state index contributed by atoms with van der Waals surface area (Å²) in [6.45, 7) is 6.76. The first-order valence-corrected chi connectivity index (χ1v) is 14.3. The number of esters is 2. The number of carbonyl (C=O) groups excluding carboxylic acids is 3. The van der Waals surface area contributed by atoms with Crippen molar-refractivity contribution in [2.24, 2.45) is 17.8 Å². The van der Waals surface area contributed by atoms with Crippen LogP contribution in [0.2, 0.25) is 0 Å². The van der Waals surface area contributed by atoms with E-state index in [4.69, 9.17) is 8.92 Å². The Hall–Kier alpha value is -3.16. The Kier molecular flexibility index (Phi) is 7.73. The number of ether oxygens (including phenoxy) is 1. The molecular formula is C25H31N3O9S. The first kappa shape index (κ1) is 27.9. The van der Waals surface area contributed by atoms with E-state index in [1.165, 1.54) is 17.0 Å². The third-order valence-electron chi connectivity index (χ3n) is 7.55. The summed E-state index contributed by atoms with van der Waals surface area (Å²) in [5.74, 6) is -2.57. The molecular weight excluding hydrogens is 518 g/mol. The summed E-state index contributed by atoms with van der Waals surface area (Å²) in [4.78, 5) is 52.9. The molecule has 1 aromatic carbocycles. The third-order valence-corrected chi connectivity index (χ3v) is 8.12. The second-order valence-corrected chi connectivity index (χ2v) is 12.0. The topological polar surface area (TPSA) is 153 Å². The van der Waals surface area contributed by atoms with Gasteiger partial charge in [-0.3, -0.25) is 24.0 Å². The van der Waals surface area contributed by atoms with Crippen molar-refractivity contribution < 1.29 is 36.6 Å². The van der Waals surface area contributed by atoms with Gasteiger partial charge >= 0.3 is 11.9 Å². The van der Waals surface area contributed by atoms with Gasteiger partial charge in [-0.15, -0.1) is 0 Å². The first-order valence-electron chi connectivity index (χ1n) is 12.5. The Labute approximate surface area is 220 Å². The number of rotatable bonds is 9. The van der Waals surface area contributed by atoms with Gasteiger partial charge in [0.05, 0.1) is 35.3 Å². The Bertz CT molecular complexity index is 1290. The molecule has 4 atom stereocenters. The molecule has 3 aliphatic rings. The van der Waals surface area contributed by atoms with Crippen LogP contribution in [-0.2, 0) is 28.6 Å². The molecule has 0 aromatic heterocycles. The normalized spacial score (nSPS) is 25.5. The maximum absolute atomic E-state index is 13.4. The van der Waals surface area contributed by atoms with Crippen LogP contribution in [0.5, 0.6) is 0 Å². The minimum atomic E-state index is -3.62. The average Bonchev–Trinajstić information content (AvgIpc) is 3.37. The summed E-state index contributed by atoms with van der Waals surface area (Å²) in [6, 6.07) is 4.23. The number of benzene rings is 1. The van der Waals surface area contributed by atoms with Crippen LogP contribution in [0.25, 0.3) is 0 Å². The molecule has 0 N–H and O–H groups in total. The second kappa shape index (κ2) is 10.5. The fraction of sp³-hybridized carbons (Fsp3) is 0.560. The van der Waals surface area contributed by atoms with E-state index in [0.717, 1.165) is 31.2 Å². The smallest absolute Gasteiger partial charge is 0.362 e. The van der Waals surface area contributed by atoms with Crippen molar-refractivity contribution in [3.05, 3.63) is 51.2 Å². The van der Waals surface area contributed by atoms with Crippen molar-refractivity contribution in [3.63, 3.8) is 0 Å².